The zero-order chi connectivity index (χ0) is 9.84. The summed E-state index contributed by atoms with van der Waals surface area (Å²) in [7, 11) is 1.33. The Balaban J connectivity index is 0.00000169. The first-order valence-corrected chi connectivity index (χ1v) is 4.16. The van der Waals surface area contributed by atoms with E-state index in [0.717, 1.165) is 0 Å². The number of carbonyl (C=O) groups is 2. The normalized spacial score (nSPS) is 25.2. The molecule has 0 bridgehead atoms. The Morgan fingerprint density at radius 1 is 1.57 bits per heavy atom. The molecule has 2 atom stereocenters. The predicted molar refractivity (Wildman–Crippen MR) is 51.4 cm³/mol. The van der Waals surface area contributed by atoms with Gasteiger partial charge in [0.05, 0.1) is 7.11 Å². The molecule has 1 fully saturated rings. The van der Waals surface area contributed by atoms with Crippen molar-refractivity contribution in [3.8, 4) is 0 Å². The summed E-state index contributed by atoms with van der Waals surface area (Å²) in [6.45, 7) is 0.575. The summed E-state index contributed by atoms with van der Waals surface area (Å²) in [6.07, 6.45) is 0.666. The number of hydrogen-bond acceptors (Lipinski definition) is 4. The topological polar surface area (TPSA) is 75.6 Å². The van der Waals surface area contributed by atoms with E-state index in [9.17, 15) is 9.59 Å². The molecule has 82 valence electrons. The zero-order valence-electron chi connectivity index (χ0n) is 7.86. The van der Waals surface area contributed by atoms with Gasteiger partial charge in [0, 0.05) is 6.42 Å². The second kappa shape index (κ2) is 5.82. The summed E-state index contributed by atoms with van der Waals surface area (Å²) in [5.74, 6) is -1.09. The van der Waals surface area contributed by atoms with E-state index in [-0.39, 0.29) is 36.8 Å². The molecule has 6 heteroatoms. The lowest BCUT2D eigenvalue weighted by molar-refractivity contribution is -0.143. The maximum atomic E-state index is 11.0. The number of aliphatic carboxylic acids is 1. The highest BCUT2D eigenvalue weighted by molar-refractivity contribution is 5.85. The number of rotatable bonds is 3. The van der Waals surface area contributed by atoms with E-state index in [1.807, 2.05) is 0 Å². The zero-order valence-corrected chi connectivity index (χ0v) is 8.67. The smallest absolute Gasteiger partial charge is 0.322 e. The van der Waals surface area contributed by atoms with Gasteiger partial charge in [0.2, 0.25) is 0 Å². The van der Waals surface area contributed by atoms with Crippen LogP contribution in [0.3, 0.4) is 0 Å². The van der Waals surface area contributed by atoms with E-state index in [1.54, 1.807) is 0 Å². The van der Waals surface area contributed by atoms with Crippen LogP contribution >= 0.6 is 12.4 Å². The lowest BCUT2D eigenvalue weighted by atomic mass is 10.0. The molecule has 1 aliphatic heterocycles. The maximum absolute atomic E-state index is 11.0. The Morgan fingerprint density at radius 3 is 2.71 bits per heavy atom. The average molecular weight is 224 g/mol. The predicted octanol–water partition coefficient (Wildman–Crippen LogP) is 0.0340. The fourth-order valence-corrected chi connectivity index (χ4v) is 1.53. The Hall–Kier alpha value is -0.810. The van der Waals surface area contributed by atoms with Gasteiger partial charge in [0.15, 0.2) is 0 Å². The van der Waals surface area contributed by atoms with Crippen molar-refractivity contribution < 1.29 is 19.4 Å². The van der Waals surface area contributed by atoms with Crippen molar-refractivity contribution in [3.05, 3.63) is 0 Å². The van der Waals surface area contributed by atoms with E-state index in [4.69, 9.17) is 5.11 Å². The highest BCUT2D eigenvalue weighted by atomic mass is 35.5. The molecule has 0 aliphatic carbocycles. The number of carboxylic acid groups (broad SMARTS) is 1. The standard InChI is InChI=1S/C8H13NO4.ClH/c1-13-8(12)6-2-5(4-9-6)3-7(10)11;/h5-6,9H,2-4H2,1H3,(H,10,11);1H/t5-,6+;/m1./s1. The number of methoxy groups -OCH3 is 1. The number of carboxylic acids is 1. The van der Waals surface area contributed by atoms with Crippen LogP contribution < -0.4 is 5.32 Å². The number of esters is 1. The van der Waals surface area contributed by atoms with E-state index in [1.165, 1.54) is 7.11 Å². The number of ether oxygens (including phenoxy) is 1. The van der Waals surface area contributed by atoms with Gasteiger partial charge in [-0.15, -0.1) is 12.4 Å². The number of nitrogens with one attached hydrogen (secondary N) is 1. The molecule has 0 aromatic carbocycles. The van der Waals surface area contributed by atoms with Gasteiger partial charge in [-0.25, -0.2) is 0 Å². The lowest BCUT2D eigenvalue weighted by Crippen LogP contribution is -2.31. The van der Waals surface area contributed by atoms with Crippen LogP contribution in [0.4, 0.5) is 0 Å². The van der Waals surface area contributed by atoms with Crippen LogP contribution in [0, 0.1) is 5.92 Å². The highest BCUT2D eigenvalue weighted by Crippen LogP contribution is 2.17. The van der Waals surface area contributed by atoms with E-state index in [0.29, 0.717) is 13.0 Å². The third kappa shape index (κ3) is 3.51. The molecule has 14 heavy (non-hydrogen) atoms. The Kier molecular flexibility index (Phi) is 5.49. The third-order valence-electron chi connectivity index (χ3n) is 2.17. The van der Waals surface area contributed by atoms with Crippen molar-refractivity contribution in [2.24, 2.45) is 5.92 Å². The fraction of sp³-hybridized carbons (Fsp3) is 0.750. The summed E-state index contributed by atoms with van der Waals surface area (Å²) in [5.41, 5.74) is 0. The summed E-state index contributed by atoms with van der Waals surface area (Å²) in [4.78, 5) is 21.4. The minimum Gasteiger partial charge on any atom is -0.481 e. The first kappa shape index (κ1) is 13.2. The highest BCUT2D eigenvalue weighted by Gasteiger charge is 2.30. The van der Waals surface area contributed by atoms with Crippen LogP contribution in [0.15, 0.2) is 0 Å². The third-order valence-corrected chi connectivity index (χ3v) is 2.17. The van der Waals surface area contributed by atoms with Crippen molar-refractivity contribution in [2.45, 2.75) is 18.9 Å². The second-order valence-electron chi connectivity index (χ2n) is 3.18. The van der Waals surface area contributed by atoms with Crippen molar-refractivity contribution >= 4 is 24.3 Å². The molecule has 0 radical (unpaired) electrons. The fourth-order valence-electron chi connectivity index (χ4n) is 1.53. The van der Waals surface area contributed by atoms with Gasteiger partial charge in [-0.05, 0) is 18.9 Å². The minimum absolute atomic E-state index is 0. The van der Waals surface area contributed by atoms with E-state index in [2.05, 4.69) is 10.1 Å². The first-order valence-electron chi connectivity index (χ1n) is 4.16. The molecule has 1 rings (SSSR count). The van der Waals surface area contributed by atoms with Gasteiger partial charge in [-0.1, -0.05) is 0 Å². The van der Waals surface area contributed by atoms with Gasteiger partial charge in [-0.3, -0.25) is 9.59 Å². The summed E-state index contributed by atoms with van der Waals surface area (Å²) >= 11 is 0. The first-order chi connectivity index (χ1) is 6.13. The maximum Gasteiger partial charge on any atom is 0.322 e. The quantitative estimate of drug-likeness (QED) is 0.661. The molecular weight excluding hydrogens is 210 g/mol. The molecule has 5 nitrogen and oxygen atoms in total. The largest absolute Gasteiger partial charge is 0.481 e. The van der Waals surface area contributed by atoms with Gasteiger partial charge in [-0.2, -0.15) is 0 Å². The van der Waals surface area contributed by atoms with Crippen molar-refractivity contribution in [1.82, 2.24) is 5.32 Å². The molecule has 0 unspecified atom stereocenters. The molecule has 1 saturated heterocycles. The van der Waals surface area contributed by atoms with Gasteiger partial charge in [0.1, 0.15) is 6.04 Å². The Morgan fingerprint density at radius 2 is 2.21 bits per heavy atom. The van der Waals surface area contributed by atoms with Gasteiger partial charge in [0.25, 0.3) is 0 Å². The Labute approximate surface area is 88.2 Å². The summed E-state index contributed by atoms with van der Waals surface area (Å²) in [5, 5.41) is 11.4. The summed E-state index contributed by atoms with van der Waals surface area (Å²) < 4.78 is 4.54. The average Bonchev–Trinajstić information content (AvgIpc) is 2.50. The minimum atomic E-state index is -0.822. The SMILES string of the molecule is COC(=O)[C@@H]1C[C@H](CC(=O)O)CN1.Cl. The summed E-state index contributed by atoms with van der Waals surface area (Å²) in [6, 6.07) is -0.325. The second-order valence-corrected chi connectivity index (χ2v) is 3.18. The molecule has 1 heterocycles. The molecule has 0 spiro atoms. The van der Waals surface area contributed by atoms with Gasteiger partial charge < -0.3 is 15.2 Å². The van der Waals surface area contributed by atoms with Crippen molar-refractivity contribution in [3.63, 3.8) is 0 Å². The van der Waals surface area contributed by atoms with E-state index >= 15 is 0 Å². The number of halogens is 1. The number of hydrogen-bond donors (Lipinski definition) is 2. The molecule has 0 saturated carbocycles. The van der Waals surface area contributed by atoms with Crippen molar-refractivity contribution in [2.75, 3.05) is 13.7 Å². The molecule has 0 aromatic rings. The molecule has 0 aromatic heterocycles. The monoisotopic (exact) mass is 223 g/mol. The Bertz CT molecular complexity index is 221. The van der Waals surface area contributed by atoms with Crippen LogP contribution in [-0.4, -0.2) is 36.7 Å². The molecule has 2 N–H and O–H groups in total. The van der Waals surface area contributed by atoms with Gasteiger partial charge >= 0.3 is 11.9 Å². The van der Waals surface area contributed by atoms with Crippen LogP contribution in [0.5, 0.6) is 0 Å². The lowest BCUT2D eigenvalue weighted by Gasteiger charge is -2.06. The molecule has 1 aliphatic rings. The molecule has 0 amide bonds. The van der Waals surface area contributed by atoms with E-state index < -0.39 is 5.97 Å². The molecular formula is C8H14ClNO4. The van der Waals surface area contributed by atoms with Crippen molar-refractivity contribution in [1.29, 1.82) is 0 Å². The van der Waals surface area contributed by atoms with Crippen LogP contribution in [0.2, 0.25) is 0 Å². The van der Waals surface area contributed by atoms with Crippen LogP contribution in [0.25, 0.3) is 0 Å². The van der Waals surface area contributed by atoms with Crippen LogP contribution in [-0.2, 0) is 14.3 Å². The number of carbonyl (C=O) groups excluding carboxylic acids is 1. The van der Waals surface area contributed by atoms with Crippen LogP contribution in [0.1, 0.15) is 12.8 Å².